The lowest BCUT2D eigenvalue weighted by molar-refractivity contribution is -0.113. The van der Waals surface area contributed by atoms with Crippen LogP contribution in [-0.2, 0) is 4.79 Å². The number of amides is 1. The quantitative estimate of drug-likeness (QED) is 0.457. The molecule has 150 valence electrons. The number of ether oxygens (including phenoxy) is 1. The molecule has 0 aliphatic heterocycles. The summed E-state index contributed by atoms with van der Waals surface area (Å²) in [6, 6.07) is 22.5. The van der Waals surface area contributed by atoms with Crippen LogP contribution in [-0.4, -0.2) is 38.5 Å². The lowest BCUT2D eigenvalue weighted by Crippen LogP contribution is -2.14. The Labute approximate surface area is 178 Å². The van der Waals surface area contributed by atoms with Crippen molar-refractivity contribution in [2.75, 3.05) is 18.2 Å². The highest BCUT2D eigenvalue weighted by atomic mass is 32.2. The Morgan fingerprint density at radius 2 is 1.77 bits per heavy atom. The number of aromatic nitrogens is 4. The van der Waals surface area contributed by atoms with Crippen LogP contribution in [0.3, 0.4) is 0 Å². The van der Waals surface area contributed by atoms with Crippen LogP contribution in [0.15, 0.2) is 84.1 Å². The van der Waals surface area contributed by atoms with Crippen molar-refractivity contribution in [3.63, 3.8) is 0 Å². The van der Waals surface area contributed by atoms with Crippen molar-refractivity contribution in [1.82, 2.24) is 19.7 Å². The van der Waals surface area contributed by atoms with Crippen LogP contribution in [0.25, 0.3) is 17.2 Å². The third-order valence-corrected chi connectivity index (χ3v) is 5.17. The lowest BCUT2D eigenvalue weighted by atomic mass is 10.2. The number of rotatable bonds is 7. The number of carbonyl (C=O) groups excluding carboxylic acids is 1. The minimum atomic E-state index is -0.125. The molecule has 2 aromatic carbocycles. The average Bonchev–Trinajstić information content (AvgIpc) is 3.22. The SMILES string of the molecule is COc1ccccc1-n1c(SCC(=O)Nc2ccccc2)nnc1-c1ccccn1. The second-order valence-corrected chi connectivity index (χ2v) is 7.17. The summed E-state index contributed by atoms with van der Waals surface area (Å²) in [4.78, 5) is 16.8. The number of hydrogen-bond donors (Lipinski definition) is 1. The fraction of sp³-hybridized carbons (Fsp3) is 0.0909. The molecule has 0 aliphatic carbocycles. The molecule has 0 fully saturated rings. The lowest BCUT2D eigenvalue weighted by Gasteiger charge is -2.13. The fourth-order valence-corrected chi connectivity index (χ4v) is 3.65. The zero-order valence-corrected chi connectivity index (χ0v) is 17.0. The molecule has 0 aliphatic rings. The van der Waals surface area contributed by atoms with Gasteiger partial charge in [-0.15, -0.1) is 10.2 Å². The topological polar surface area (TPSA) is 81.9 Å². The molecule has 2 aromatic heterocycles. The molecule has 0 saturated carbocycles. The fourth-order valence-electron chi connectivity index (χ4n) is 2.90. The summed E-state index contributed by atoms with van der Waals surface area (Å²) in [7, 11) is 1.61. The summed E-state index contributed by atoms with van der Waals surface area (Å²) in [5.41, 5.74) is 2.21. The van der Waals surface area contributed by atoms with Crippen LogP contribution >= 0.6 is 11.8 Å². The van der Waals surface area contributed by atoms with Gasteiger partial charge in [-0.1, -0.05) is 48.2 Å². The number of nitrogens with one attached hydrogen (secondary N) is 1. The number of methoxy groups -OCH3 is 1. The summed E-state index contributed by atoms with van der Waals surface area (Å²) >= 11 is 1.30. The Bertz CT molecular complexity index is 1130. The molecule has 8 heteroatoms. The highest BCUT2D eigenvalue weighted by molar-refractivity contribution is 7.99. The summed E-state index contributed by atoms with van der Waals surface area (Å²) in [6.45, 7) is 0. The zero-order chi connectivity index (χ0) is 20.8. The molecule has 0 atom stereocenters. The maximum absolute atomic E-state index is 12.4. The molecule has 0 saturated heterocycles. The van der Waals surface area contributed by atoms with Crippen molar-refractivity contribution in [3.8, 4) is 23.0 Å². The van der Waals surface area contributed by atoms with Crippen LogP contribution in [0.4, 0.5) is 5.69 Å². The number of carbonyl (C=O) groups is 1. The van der Waals surface area contributed by atoms with E-state index < -0.39 is 0 Å². The summed E-state index contributed by atoms with van der Waals surface area (Å²) in [5, 5.41) is 12.1. The van der Waals surface area contributed by atoms with Gasteiger partial charge in [0, 0.05) is 11.9 Å². The van der Waals surface area contributed by atoms with E-state index in [1.54, 1.807) is 13.3 Å². The van der Waals surface area contributed by atoms with E-state index in [1.807, 2.05) is 77.4 Å². The summed E-state index contributed by atoms with van der Waals surface area (Å²) < 4.78 is 7.40. The van der Waals surface area contributed by atoms with Gasteiger partial charge in [0.15, 0.2) is 11.0 Å². The maximum atomic E-state index is 12.4. The van der Waals surface area contributed by atoms with Gasteiger partial charge in [-0.25, -0.2) is 0 Å². The zero-order valence-electron chi connectivity index (χ0n) is 16.2. The molecular weight excluding hydrogens is 398 g/mol. The molecule has 1 amide bonds. The Hall–Kier alpha value is -3.65. The van der Waals surface area contributed by atoms with E-state index in [-0.39, 0.29) is 11.7 Å². The number of pyridine rings is 1. The smallest absolute Gasteiger partial charge is 0.234 e. The van der Waals surface area contributed by atoms with E-state index in [2.05, 4.69) is 20.5 Å². The van der Waals surface area contributed by atoms with Crippen molar-refractivity contribution < 1.29 is 9.53 Å². The van der Waals surface area contributed by atoms with Crippen LogP contribution in [0, 0.1) is 0 Å². The third kappa shape index (κ3) is 4.33. The van der Waals surface area contributed by atoms with Gasteiger partial charge >= 0.3 is 0 Å². The predicted molar refractivity (Wildman–Crippen MR) is 117 cm³/mol. The minimum absolute atomic E-state index is 0.125. The van der Waals surface area contributed by atoms with Crippen LogP contribution < -0.4 is 10.1 Å². The molecule has 0 unspecified atom stereocenters. The standard InChI is InChI=1S/C22H19N5O2S/c1-29-19-13-6-5-12-18(19)27-21(17-11-7-8-14-23-17)25-26-22(27)30-15-20(28)24-16-9-3-2-4-10-16/h2-14H,15H2,1H3,(H,24,28). The first-order valence-electron chi connectivity index (χ1n) is 9.24. The number of para-hydroxylation sites is 3. The van der Waals surface area contributed by atoms with E-state index in [0.29, 0.717) is 22.4 Å². The molecule has 2 heterocycles. The van der Waals surface area contributed by atoms with Crippen molar-refractivity contribution in [3.05, 3.63) is 79.0 Å². The van der Waals surface area contributed by atoms with E-state index >= 15 is 0 Å². The van der Waals surface area contributed by atoms with Crippen molar-refractivity contribution in [1.29, 1.82) is 0 Å². The Morgan fingerprint density at radius 3 is 2.53 bits per heavy atom. The largest absolute Gasteiger partial charge is 0.495 e. The second-order valence-electron chi connectivity index (χ2n) is 6.23. The van der Waals surface area contributed by atoms with Crippen molar-refractivity contribution in [2.24, 2.45) is 0 Å². The van der Waals surface area contributed by atoms with Crippen molar-refractivity contribution in [2.45, 2.75) is 5.16 Å². The molecular formula is C22H19N5O2S. The van der Waals surface area contributed by atoms with Gasteiger partial charge in [-0.2, -0.15) is 0 Å². The number of anilines is 1. The number of benzene rings is 2. The Morgan fingerprint density at radius 1 is 1.00 bits per heavy atom. The molecule has 30 heavy (non-hydrogen) atoms. The summed E-state index contributed by atoms with van der Waals surface area (Å²) in [5.74, 6) is 1.31. The minimum Gasteiger partial charge on any atom is -0.495 e. The molecule has 0 spiro atoms. The van der Waals surface area contributed by atoms with Gasteiger partial charge in [0.1, 0.15) is 11.4 Å². The van der Waals surface area contributed by atoms with Gasteiger partial charge in [0.2, 0.25) is 5.91 Å². The second kappa shape index (κ2) is 9.23. The van der Waals surface area contributed by atoms with Crippen LogP contribution in [0.1, 0.15) is 0 Å². The first kappa shape index (κ1) is 19.7. The first-order valence-corrected chi connectivity index (χ1v) is 10.2. The predicted octanol–water partition coefficient (Wildman–Crippen LogP) is 4.07. The highest BCUT2D eigenvalue weighted by Crippen LogP contribution is 2.31. The first-order chi connectivity index (χ1) is 14.8. The van der Waals surface area contributed by atoms with Gasteiger partial charge in [-0.05, 0) is 36.4 Å². The van der Waals surface area contributed by atoms with E-state index in [9.17, 15) is 4.79 Å². The number of hydrogen-bond acceptors (Lipinski definition) is 6. The molecule has 4 rings (SSSR count). The molecule has 0 radical (unpaired) electrons. The number of nitrogens with zero attached hydrogens (tertiary/aromatic N) is 4. The third-order valence-electron chi connectivity index (χ3n) is 4.24. The molecule has 1 N–H and O–H groups in total. The molecule has 7 nitrogen and oxygen atoms in total. The summed E-state index contributed by atoms with van der Waals surface area (Å²) in [6.07, 6.45) is 1.71. The van der Waals surface area contributed by atoms with Gasteiger partial charge in [0.05, 0.1) is 18.6 Å². The molecule has 0 bridgehead atoms. The molecule has 4 aromatic rings. The Balaban J connectivity index is 1.65. The normalized spacial score (nSPS) is 10.6. The van der Waals surface area contributed by atoms with E-state index in [1.165, 1.54) is 11.8 Å². The van der Waals surface area contributed by atoms with Gasteiger partial charge in [0.25, 0.3) is 0 Å². The van der Waals surface area contributed by atoms with E-state index in [0.717, 1.165) is 11.4 Å². The maximum Gasteiger partial charge on any atom is 0.234 e. The number of thioether (sulfide) groups is 1. The van der Waals surface area contributed by atoms with Gasteiger partial charge < -0.3 is 10.1 Å². The van der Waals surface area contributed by atoms with E-state index in [4.69, 9.17) is 4.74 Å². The highest BCUT2D eigenvalue weighted by Gasteiger charge is 2.20. The van der Waals surface area contributed by atoms with Crippen LogP contribution in [0.2, 0.25) is 0 Å². The Kier molecular flexibility index (Phi) is 6.05. The average molecular weight is 417 g/mol. The monoisotopic (exact) mass is 417 g/mol. The van der Waals surface area contributed by atoms with Crippen molar-refractivity contribution >= 4 is 23.4 Å². The van der Waals surface area contributed by atoms with Crippen LogP contribution in [0.5, 0.6) is 5.75 Å². The van der Waals surface area contributed by atoms with Gasteiger partial charge in [-0.3, -0.25) is 14.3 Å².